The second-order valence-corrected chi connectivity index (χ2v) is 6.25. The van der Waals surface area contributed by atoms with E-state index in [0.717, 1.165) is 12.8 Å². The number of carbonyl (C=O) groups excluding carboxylic acids is 1. The number of H-pyrrole nitrogens is 1. The summed E-state index contributed by atoms with van der Waals surface area (Å²) < 4.78 is 5.58. The molecule has 0 saturated carbocycles. The highest BCUT2D eigenvalue weighted by molar-refractivity contribution is 5.83. The number of benzene rings is 1. The van der Waals surface area contributed by atoms with Gasteiger partial charge in [0.25, 0.3) is 0 Å². The van der Waals surface area contributed by atoms with Crippen molar-refractivity contribution in [2.75, 3.05) is 13.2 Å². The summed E-state index contributed by atoms with van der Waals surface area (Å²) in [5.41, 5.74) is 2.46. The molecule has 1 amide bonds. The molecular formula is C18H24N2O2. The number of aromatic nitrogens is 1. The lowest BCUT2D eigenvalue weighted by Gasteiger charge is -2.36. The van der Waals surface area contributed by atoms with Gasteiger partial charge in [-0.25, -0.2) is 0 Å². The molecule has 1 aromatic heterocycles. The molecule has 2 aromatic rings. The first-order valence-corrected chi connectivity index (χ1v) is 8.11. The van der Waals surface area contributed by atoms with Crippen LogP contribution in [0.3, 0.4) is 0 Å². The summed E-state index contributed by atoms with van der Waals surface area (Å²) in [6.07, 6.45) is 4.64. The molecule has 1 N–H and O–H groups in total. The molecule has 0 bridgehead atoms. The summed E-state index contributed by atoms with van der Waals surface area (Å²) in [6, 6.07) is 8.50. The van der Waals surface area contributed by atoms with Gasteiger partial charge in [0.15, 0.2) is 0 Å². The first-order chi connectivity index (χ1) is 10.6. The molecule has 1 aliphatic heterocycles. The van der Waals surface area contributed by atoms with E-state index in [1.807, 2.05) is 17.9 Å². The fourth-order valence-electron chi connectivity index (χ4n) is 3.16. The summed E-state index contributed by atoms with van der Waals surface area (Å²) in [4.78, 5) is 17.7. The maximum absolute atomic E-state index is 12.4. The molecule has 2 heterocycles. The van der Waals surface area contributed by atoms with Crippen molar-refractivity contribution in [1.82, 2.24) is 9.88 Å². The lowest BCUT2D eigenvalue weighted by Crippen LogP contribution is -2.50. The van der Waals surface area contributed by atoms with Gasteiger partial charge in [0.05, 0.1) is 18.8 Å². The second-order valence-electron chi connectivity index (χ2n) is 6.25. The van der Waals surface area contributed by atoms with Gasteiger partial charge in [-0.1, -0.05) is 18.2 Å². The Balaban J connectivity index is 1.55. The third-order valence-electron chi connectivity index (χ3n) is 4.44. The average Bonchev–Trinajstić information content (AvgIpc) is 2.93. The van der Waals surface area contributed by atoms with Crippen LogP contribution in [0.25, 0.3) is 10.9 Å². The fraction of sp³-hybridized carbons (Fsp3) is 0.500. The van der Waals surface area contributed by atoms with Crippen molar-refractivity contribution in [3.05, 3.63) is 36.0 Å². The number of amides is 1. The number of ether oxygens (including phenoxy) is 1. The van der Waals surface area contributed by atoms with Crippen LogP contribution in [-0.2, 0) is 16.0 Å². The molecule has 118 valence electrons. The standard InChI is InChI=1S/C18H24N2O2/c1-13-12-22-14(2)11-20(13)18(21)9-5-6-15-10-19-17-8-4-3-7-16(15)17/h3-4,7-8,10,13-14,19H,5-6,9,11-12H2,1-2H3/t13-,14+/m0/s1. The number of hydrogen-bond donors (Lipinski definition) is 1. The Hall–Kier alpha value is -1.81. The van der Waals surface area contributed by atoms with Crippen molar-refractivity contribution in [3.63, 3.8) is 0 Å². The zero-order valence-electron chi connectivity index (χ0n) is 13.3. The van der Waals surface area contributed by atoms with Crippen molar-refractivity contribution in [1.29, 1.82) is 0 Å². The lowest BCUT2D eigenvalue weighted by atomic mass is 10.1. The number of para-hydroxylation sites is 1. The molecule has 4 nitrogen and oxygen atoms in total. The van der Waals surface area contributed by atoms with E-state index in [-0.39, 0.29) is 18.1 Å². The molecule has 0 aliphatic carbocycles. The summed E-state index contributed by atoms with van der Waals surface area (Å²) in [5.74, 6) is 0.252. The molecule has 22 heavy (non-hydrogen) atoms. The maximum atomic E-state index is 12.4. The van der Waals surface area contributed by atoms with Crippen LogP contribution in [0.2, 0.25) is 0 Å². The molecule has 0 unspecified atom stereocenters. The molecule has 0 spiro atoms. The number of rotatable bonds is 4. The predicted octanol–water partition coefficient (Wildman–Crippen LogP) is 3.13. The van der Waals surface area contributed by atoms with Crippen LogP contribution in [0.15, 0.2) is 30.5 Å². The third kappa shape index (κ3) is 3.17. The van der Waals surface area contributed by atoms with Gasteiger partial charge >= 0.3 is 0 Å². The Morgan fingerprint density at radius 2 is 2.18 bits per heavy atom. The van der Waals surface area contributed by atoms with Crippen molar-refractivity contribution < 1.29 is 9.53 Å². The SMILES string of the molecule is C[C@@H]1CN(C(=O)CCCc2c[nH]c3ccccc23)[C@@H](C)CO1. The van der Waals surface area contributed by atoms with Gasteiger partial charge in [0.2, 0.25) is 5.91 Å². The Labute approximate surface area is 131 Å². The van der Waals surface area contributed by atoms with Gasteiger partial charge in [-0.2, -0.15) is 0 Å². The van der Waals surface area contributed by atoms with Crippen LogP contribution in [-0.4, -0.2) is 41.1 Å². The average molecular weight is 300 g/mol. The summed E-state index contributed by atoms with van der Waals surface area (Å²) in [5, 5.41) is 1.27. The Kier molecular flexibility index (Phi) is 4.48. The fourth-order valence-corrected chi connectivity index (χ4v) is 3.16. The van der Waals surface area contributed by atoms with Gasteiger partial charge in [0, 0.05) is 30.1 Å². The Bertz CT molecular complexity index is 649. The molecule has 2 atom stereocenters. The maximum Gasteiger partial charge on any atom is 0.222 e. The van der Waals surface area contributed by atoms with Gasteiger partial charge in [0.1, 0.15) is 0 Å². The number of aryl methyl sites for hydroxylation is 1. The van der Waals surface area contributed by atoms with Crippen LogP contribution < -0.4 is 0 Å². The van der Waals surface area contributed by atoms with Crippen LogP contribution in [0, 0.1) is 0 Å². The van der Waals surface area contributed by atoms with E-state index in [2.05, 4.69) is 36.3 Å². The highest BCUT2D eigenvalue weighted by atomic mass is 16.5. The number of morpholine rings is 1. The van der Waals surface area contributed by atoms with E-state index in [0.29, 0.717) is 19.6 Å². The van der Waals surface area contributed by atoms with Crippen LogP contribution in [0.1, 0.15) is 32.3 Å². The van der Waals surface area contributed by atoms with E-state index in [9.17, 15) is 4.79 Å². The van der Waals surface area contributed by atoms with Gasteiger partial charge in [-0.15, -0.1) is 0 Å². The summed E-state index contributed by atoms with van der Waals surface area (Å²) in [6.45, 7) is 5.45. The molecule has 1 aliphatic rings. The number of hydrogen-bond acceptors (Lipinski definition) is 2. The Morgan fingerprint density at radius 1 is 1.36 bits per heavy atom. The monoisotopic (exact) mass is 300 g/mol. The van der Waals surface area contributed by atoms with E-state index in [4.69, 9.17) is 4.74 Å². The predicted molar refractivity (Wildman–Crippen MR) is 87.8 cm³/mol. The number of nitrogens with zero attached hydrogens (tertiary/aromatic N) is 1. The molecular weight excluding hydrogens is 276 g/mol. The number of aromatic amines is 1. The lowest BCUT2D eigenvalue weighted by molar-refractivity contribution is -0.143. The minimum atomic E-state index is 0.147. The highest BCUT2D eigenvalue weighted by Gasteiger charge is 2.26. The zero-order chi connectivity index (χ0) is 15.5. The number of fused-ring (bicyclic) bond motifs is 1. The Morgan fingerprint density at radius 3 is 3.05 bits per heavy atom. The van der Waals surface area contributed by atoms with Crippen molar-refractivity contribution >= 4 is 16.8 Å². The quantitative estimate of drug-likeness (QED) is 0.943. The largest absolute Gasteiger partial charge is 0.375 e. The minimum Gasteiger partial charge on any atom is -0.375 e. The van der Waals surface area contributed by atoms with E-state index >= 15 is 0 Å². The van der Waals surface area contributed by atoms with Gasteiger partial charge in [-0.3, -0.25) is 4.79 Å². The summed E-state index contributed by atoms with van der Waals surface area (Å²) >= 11 is 0. The molecule has 3 rings (SSSR count). The van der Waals surface area contributed by atoms with Crippen LogP contribution in [0.5, 0.6) is 0 Å². The van der Waals surface area contributed by atoms with E-state index in [1.165, 1.54) is 16.5 Å². The van der Waals surface area contributed by atoms with Crippen molar-refractivity contribution in [3.8, 4) is 0 Å². The normalized spacial score (nSPS) is 22.2. The zero-order valence-corrected chi connectivity index (χ0v) is 13.3. The van der Waals surface area contributed by atoms with E-state index in [1.54, 1.807) is 0 Å². The van der Waals surface area contributed by atoms with Crippen LogP contribution in [0.4, 0.5) is 0 Å². The number of carbonyl (C=O) groups is 1. The summed E-state index contributed by atoms with van der Waals surface area (Å²) in [7, 11) is 0. The first-order valence-electron chi connectivity index (χ1n) is 8.11. The molecule has 1 saturated heterocycles. The minimum absolute atomic E-state index is 0.147. The second kappa shape index (κ2) is 6.53. The van der Waals surface area contributed by atoms with E-state index < -0.39 is 0 Å². The molecule has 0 radical (unpaired) electrons. The molecule has 1 aromatic carbocycles. The smallest absolute Gasteiger partial charge is 0.222 e. The van der Waals surface area contributed by atoms with Gasteiger partial charge in [-0.05, 0) is 38.3 Å². The first kappa shape index (κ1) is 15.1. The third-order valence-corrected chi connectivity index (χ3v) is 4.44. The topological polar surface area (TPSA) is 45.3 Å². The molecule has 1 fully saturated rings. The van der Waals surface area contributed by atoms with Crippen LogP contribution >= 0.6 is 0 Å². The van der Waals surface area contributed by atoms with Crippen molar-refractivity contribution in [2.24, 2.45) is 0 Å². The van der Waals surface area contributed by atoms with Gasteiger partial charge < -0.3 is 14.6 Å². The van der Waals surface area contributed by atoms with Crippen molar-refractivity contribution in [2.45, 2.75) is 45.3 Å². The number of nitrogens with one attached hydrogen (secondary N) is 1. The highest BCUT2D eigenvalue weighted by Crippen LogP contribution is 2.20. The molecule has 4 heteroatoms.